The maximum Gasteiger partial charge on any atom is 0.145 e. The number of anilines is 1. The molecule has 0 aliphatic heterocycles. The van der Waals surface area contributed by atoms with Gasteiger partial charge in [-0.2, -0.15) is 0 Å². The van der Waals surface area contributed by atoms with Crippen molar-refractivity contribution in [3.05, 3.63) is 20.8 Å². The Morgan fingerprint density at radius 3 is 2.64 bits per heavy atom. The Kier molecular flexibility index (Phi) is 2.98. The van der Waals surface area contributed by atoms with Crippen LogP contribution in [0.5, 0.6) is 0 Å². The highest BCUT2D eigenvalue weighted by Gasteiger charge is 2.07. The van der Waals surface area contributed by atoms with Gasteiger partial charge in [-0.25, -0.2) is 4.98 Å². The second-order valence-corrected chi connectivity index (χ2v) is 3.39. The van der Waals surface area contributed by atoms with Gasteiger partial charge >= 0.3 is 0 Å². The summed E-state index contributed by atoms with van der Waals surface area (Å²) < 4.78 is 0.689. The minimum Gasteiger partial charge on any atom is -0.386 e. The lowest BCUT2D eigenvalue weighted by atomic mass is 10.4. The Hall–Kier alpha value is 0.01000. The predicted octanol–water partition coefficient (Wildman–Crippen LogP) is 3.19. The van der Waals surface area contributed by atoms with Gasteiger partial charge in [0.25, 0.3) is 0 Å². The maximum absolute atomic E-state index is 5.79. The molecule has 0 saturated heterocycles. The molecule has 11 heavy (non-hydrogen) atoms. The summed E-state index contributed by atoms with van der Waals surface area (Å²) in [6.07, 6.45) is 1.50. The van der Waals surface area contributed by atoms with Crippen LogP contribution in [-0.4, -0.2) is 12.0 Å². The molecule has 0 atom stereocenters. The number of pyridine rings is 1. The summed E-state index contributed by atoms with van der Waals surface area (Å²) in [6.45, 7) is 0. The third-order valence-electron chi connectivity index (χ3n) is 1.18. The van der Waals surface area contributed by atoms with Gasteiger partial charge in [0.05, 0.1) is 15.2 Å². The SMILES string of the molecule is CNc1c(Cl)cnc(Cl)c1Br. The van der Waals surface area contributed by atoms with E-state index in [9.17, 15) is 0 Å². The van der Waals surface area contributed by atoms with Crippen molar-refractivity contribution in [1.82, 2.24) is 4.98 Å². The molecule has 0 bridgehead atoms. The van der Waals surface area contributed by atoms with Crippen LogP contribution in [0.2, 0.25) is 10.2 Å². The molecule has 0 radical (unpaired) electrons. The Morgan fingerprint density at radius 2 is 2.18 bits per heavy atom. The molecule has 1 N–H and O–H groups in total. The van der Waals surface area contributed by atoms with Crippen molar-refractivity contribution in [1.29, 1.82) is 0 Å². The lowest BCUT2D eigenvalue weighted by Crippen LogP contribution is -1.92. The Balaban J connectivity index is 3.29. The molecule has 5 heteroatoms. The van der Waals surface area contributed by atoms with Gasteiger partial charge in [0, 0.05) is 13.2 Å². The molecule has 0 aromatic carbocycles. The largest absolute Gasteiger partial charge is 0.386 e. The van der Waals surface area contributed by atoms with Crippen LogP contribution in [0.4, 0.5) is 5.69 Å². The molecule has 1 aromatic rings. The number of aromatic nitrogens is 1. The van der Waals surface area contributed by atoms with E-state index >= 15 is 0 Å². The van der Waals surface area contributed by atoms with E-state index in [1.54, 1.807) is 7.05 Å². The summed E-state index contributed by atoms with van der Waals surface area (Å²) in [4.78, 5) is 3.83. The number of halogens is 3. The van der Waals surface area contributed by atoms with Gasteiger partial charge in [0.1, 0.15) is 5.15 Å². The van der Waals surface area contributed by atoms with Crippen LogP contribution in [0.15, 0.2) is 10.7 Å². The van der Waals surface area contributed by atoms with Crippen LogP contribution in [0.3, 0.4) is 0 Å². The topological polar surface area (TPSA) is 24.9 Å². The zero-order chi connectivity index (χ0) is 8.43. The molecule has 60 valence electrons. The quantitative estimate of drug-likeness (QED) is 0.780. The van der Waals surface area contributed by atoms with E-state index in [-0.39, 0.29) is 0 Å². The van der Waals surface area contributed by atoms with Crippen LogP contribution in [-0.2, 0) is 0 Å². The van der Waals surface area contributed by atoms with Gasteiger partial charge in [-0.15, -0.1) is 0 Å². The second-order valence-electron chi connectivity index (χ2n) is 1.84. The van der Waals surface area contributed by atoms with Crippen LogP contribution in [0.25, 0.3) is 0 Å². The van der Waals surface area contributed by atoms with Crippen LogP contribution >= 0.6 is 39.1 Å². The second kappa shape index (κ2) is 3.61. The molecule has 0 saturated carbocycles. The average Bonchev–Trinajstić information content (AvgIpc) is 1.99. The molecule has 1 rings (SSSR count). The number of hydrogen-bond donors (Lipinski definition) is 1. The van der Waals surface area contributed by atoms with E-state index in [2.05, 4.69) is 26.2 Å². The standard InChI is InChI=1S/C6H5BrCl2N2/c1-10-5-3(8)2-11-6(9)4(5)7/h2H,1H3,(H,10,11). The summed E-state index contributed by atoms with van der Waals surface area (Å²) >= 11 is 14.7. The fourth-order valence-electron chi connectivity index (χ4n) is 0.672. The van der Waals surface area contributed by atoms with Gasteiger partial charge in [-0.3, -0.25) is 0 Å². The zero-order valence-electron chi connectivity index (χ0n) is 5.66. The molecule has 0 fully saturated rings. The van der Waals surface area contributed by atoms with E-state index in [0.717, 1.165) is 5.69 Å². The first-order chi connectivity index (χ1) is 5.16. The van der Waals surface area contributed by atoms with Crippen molar-refractivity contribution in [2.75, 3.05) is 12.4 Å². The summed E-state index contributed by atoms with van der Waals surface area (Å²) in [5, 5.41) is 3.85. The van der Waals surface area contributed by atoms with E-state index < -0.39 is 0 Å². The fourth-order valence-corrected chi connectivity index (χ4v) is 1.68. The number of rotatable bonds is 1. The van der Waals surface area contributed by atoms with Gasteiger partial charge in [-0.05, 0) is 15.9 Å². The zero-order valence-corrected chi connectivity index (χ0v) is 8.76. The van der Waals surface area contributed by atoms with Crippen molar-refractivity contribution in [3.63, 3.8) is 0 Å². The molecule has 0 amide bonds. The van der Waals surface area contributed by atoms with Crippen molar-refractivity contribution < 1.29 is 0 Å². The highest BCUT2D eigenvalue weighted by molar-refractivity contribution is 9.10. The van der Waals surface area contributed by atoms with Crippen molar-refractivity contribution in [3.8, 4) is 0 Å². The average molecular weight is 256 g/mol. The molecule has 0 unspecified atom stereocenters. The molecule has 2 nitrogen and oxygen atoms in total. The Bertz CT molecular complexity index is 278. The first-order valence-corrected chi connectivity index (χ1v) is 4.39. The molecule has 0 aliphatic carbocycles. The Labute approximate surface area is 83.0 Å². The van der Waals surface area contributed by atoms with E-state index in [0.29, 0.717) is 14.6 Å². The summed E-state index contributed by atoms with van der Waals surface area (Å²) in [5.74, 6) is 0. The third kappa shape index (κ3) is 1.78. The summed E-state index contributed by atoms with van der Waals surface area (Å²) in [5.41, 5.74) is 0.756. The lowest BCUT2D eigenvalue weighted by molar-refractivity contribution is 1.30. The predicted molar refractivity (Wildman–Crippen MR) is 51.5 cm³/mol. The fraction of sp³-hybridized carbons (Fsp3) is 0.167. The van der Waals surface area contributed by atoms with E-state index in [4.69, 9.17) is 23.2 Å². The first kappa shape index (κ1) is 9.10. The van der Waals surface area contributed by atoms with E-state index in [1.165, 1.54) is 6.20 Å². The van der Waals surface area contributed by atoms with Gasteiger partial charge in [0.2, 0.25) is 0 Å². The van der Waals surface area contributed by atoms with Gasteiger partial charge in [-0.1, -0.05) is 23.2 Å². The number of hydrogen-bond acceptors (Lipinski definition) is 2. The third-order valence-corrected chi connectivity index (χ3v) is 2.75. The molecule has 0 spiro atoms. The normalized spacial score (nSPS) is 9.82. The van der Waals surface area contributed by atoms with Gasteiger partial charge < -0.3 is 5.32 Å². The summed E-state index contributed by atoms with van der Waals surface area (Å²) in [6, 6.07) is 0. The summed E-state index contributed by atoms with van der Waals surface area (Å²) in [7, 11) is 1.77. The van der Waals surface area contributed by atoms with E-state index in [1.807, 2.05) is 0 Å². The number of nitrogens with one attached hydrogen (secondary N) is 1. The maximum atomic E-state index is 5.79. The van der Waals surface area contributed by atoms with Crippen molar-refractivity contribution >= 4 is 44.8 Å². The minimum absolute atomic E-state index is 0.402. The lowest BCUT2D eigenvalue weighted by Gasteiger charge is -2.05. The monoisotopic (exact) mass is 254 g/mol. The van der Waals surface area contributed by atoms with Crippen molar-refractivity contribution in [2.45, 2.75) is 0 Å². The molecular formula is C6H5BrCl2N2. The van der Waals surface area contributed by atoms with Crippen LogP contribution in [0, 0.1) is 0 Å². The van der Waals surface area contributed by atoms with Crippen molar-refractivity contribution in [2.24, 2.45) is 0 Å². The number of nitrogens with zero attached hydrogens (tertiary/aromatic N) is 1. The first-order valence-electron chi connectivity index (χ1n) is 2.84. The minimum atomic E-state index is 0.402. The Morgan fingerprint density at radius 1 is 1.55 bits per heavy atom. The highest BCUT2D eigenvalue weighted by atomic mass is 79.9. The molecular weight excluding hydrogens is 251 g/mol. The molecule has 1 aromatic heterocycles. The smallest absolute Gasteiger partial charge is 0.145 e. The molecule has 1 heterocycles. The highest BCUT2D eigenvalue weighted by Crippen LogP contribution is 2.33. The van der Waals surface area contributed by atoms with Gasteiger partial charge in [0.15, 0.2) is 0 Å². The van der Waals surface area contributed by atoms with Crippen LogP contribution in [0.1, 0.15) is 0 Å². The van der Waals surface area contributed by atoms with Crippen LogP contribution < -0.4 is 5.32 Å². The molecule has 0 aliphatic rings.